The fourth-order valence-corrected chi connectivity index (χ4v) is 18.5. The highest BCUT2D eigenvalue weighted by Crippen LogP contribution is 2.44. The summed E-state index contributed by atoms with van der Waals surface area (Å²) in [6, 6.07) is -10.1. The molecule has 0 spiro atoms. The molecule has 0 aromatic heterocycles. The number of aliphatic hydroxyl groups is 30. The quantitative estimate of drug-likeness (QED) is 0.0273. The predicted octanol–water partition coefficient (Wildman–Crippen LogP) is -24.0. The van der Waals surface area contributed by atoms with Crippen LogP contribution in [0.25, 0.3) is 0 Å². The smallest absolute Gasteiger partial charge is 0.364 e. The van der Waals surface area contributed by atoms with Crippen molar-refractivity contribution in [1.29, 1.82) is 0 Å². The first kappa shape index (κ1) is 117. The third-order valence-corrected chi connectivity index (χ3v) is 25.9. The molecule has 0 saturated carbocycles. The van der Waals surface area contributed by atoms with Crippen LogP contribution >= 0.6 is 0 Å². The molecule has 11 rings (SSSR count). The van der Waals surface area contributed by atoms with Crippen molar-refractivity contribution in [2.75, 3.05) is 66.1 Å². The van der Waals surface area contributed by atoms with E-state index in [-0.39, 0.29) is 0 Å². The molecule has 0 unspecified atom stereocenters. The number of carbonyl (C=O) groups is 6. The van der Waals surface area contributed by atoms with E-state index in [0.717, 1.165) is 34.6 Å². The van der Waals surface area contributed by atoms with Crippen molar-refractivity contribution in [2.45, 2.75) is 391 Å². The zero-order chi connectivity index (χ0) is 105. The molecule has 142 heavy (non-hydrogen) atoms. The first-order chi connectivity index (χ1) is 67.0. The average molecular weight is 2080 g/mol. The van der Waals surface area contributed by atoms with Gasteiger partial charge in [-0.1, -0.05) is 0 Å². The monoisotopic (exact) mass is 2080 g/mol. The standard InChI is InChI=1S/C79H131N5O58/c1-18-40(101)51(112)54(115)73(123-18)140-67-66(139-70-36(81-20(3)95)48(109)42(103)26(9-86)125-70)46(107)30(13-90)129-77(67)135-59-32(15-92)130-69(37(49(59)110)82-21(4)96)122-17-34-47(108)64(56(117)75(132-34)136-61-39(84-23(6)98)72(126-27(10-87)43(61)104)138-63-44(105)28(11-88)127-74(55(63)116)134-60-31(14-91)124-68(119)53(114)52(60)113)137-71-38(83-22(5)97)50(111)58(33(16-93)131-71)133-76-57(118)65(45(106)29(12-89)128-76)142-79(78(120)121)7-24(99)35(80-19(2)94)62(141-79)41(102)25(100)8-85/h18,24-77,85-93,99-119H,7-17H2,1-6H3,(H,80,94)(H,81,95)(H,82,96)(H,83,97)(H,84,98)(H,120,121)/t18-,24-,25+,26+,27+,28+,29+,30+,31+,32+,33+,34+,35+,36+,37+,38+,39+,40+,41+,42+,43+,44-,45-,46-,47-,48+,49+,50+,51+,52+,53+,54-,55+,56+,57+,58+,59+,60+,61+,62+,63-,64-,65-,66-,67+,68+,69+,70+,71-,72-,73-,74-,75-,76-,77-,79-/m0/s1. The minimum atomic E-state index is -3.36. The van der Waals surface area contributed by atoms with Crippen LogP contribution in [0.4, 0.5) is 0 Å². The maximum atomic E-state index is 13.6. The maximum Gasteiger partial charge on any atom is 0.364 e. The summed E-state index contributed by atoms with van der Waals surface area (Å²) in [6.07, 6.45) is -111. The first-order valence-electron chi connectivity index (χ1n) is 45.1. The van der Waals surface area contributed by atoms with Crippen molar-refractivity contribution in [2.24, 2.45) is 0 Å². The highest BCUT2D eigenvalue weighted by molar-refractivity contribution is 5.77. The normalized spacial score (nSPS) is 48.0. The number of aliphatic carboxylic acids is 1. The van der Waals surface area contributed by atoms with E-state index in [9.17, 15) is 187 Å². The Morgan fingerprint density at radius 1 is 0.303 bits per heavy atom. The average Bonchev–Trinajstić information content (AvgIpc) is 0.777. The van der Waals surface area contributed by atoms with Crippen LogP contribution in [-0.2, 0) is 128 Å². The van der Waals surface area contributed by atoms with Crippen LogP contribution in [0, 0.1) is 0 Å². The summed E-state index contributed by atoms with van der Waals surface area (Å²) in [6.45, 7) is -6.50. The highest BCUT2D eigenvalue weighted by atomic mass is 16.8. The van der Waals surface area contributed by atoms with Crippen molar-refractivity contribution in [3.8, 4) is 0 Å². The number of nitrogens with one attached hydrogen (secondary N) is 5. The van der Waals surface area contributed by atoms with E-state index in [1.165, 1.54) is 6.92 Å². The van der Waals surface area contributed by atoms with E-state index in [1.54, 1.807) is 0 Å². The number of hydrogen-bond acceptors (Lipinski definition) is 57. The van der Waals surface area contributed by atoms with Gasteiger partial charge in [0.25, 0.3) is 5.79 Å². The molecule has 11 heterocycles. The number of hydrogen-bond donors (Lipinski definition) is 36. The molecule has 63 heteroatoms. The Balaban J connectivity index is 0.934. The van der Waals surface area contributed by atoms with E-state index < -0.39 is 451 Å². The molecule has 11 saturated heterocycles. The number of aliphatic hydroxyl groups excluding tert-OH is 30. The lowest BCUT2D eigenvalue weighted by atomic mass is 9.88. The van der Waals surface area contributed by atoms with Gasteiger partial charge in [0.1, 0.15) is 256 Å². The zero-order valence-electron chi connectivity index (χ0n) is 76.4. The lowest BCUT2D eigenvalue weighted by Crippen LogP contribution is -2.72. The number of amides is 5. The summed E-state index contributed by atoms with van der Waals surface area (Å²) in [5.41, 5.74) is 0. The van der Waals surface area contributed by atoms with Crippen molar-refractivity contribution < 1.29 is 287 Å². The highest BCUT2D eigenvalue weighted by Gasteiger charge is 2.65. The topological polar surface area (TPSA) is 984 Å². The number of carboxylic acid groups (broad SMARTS) is 1. The van der Waals surface area contributed by atoms with Crippen molar-refractivity contribution in [3.63, 3.8) is 0 Å². The molecule has 11 aliphatic rings. The van der Waals surface area contributed by atoms with Gasteiger partial charge >= 0.3 is 5.97 Å². The number of carboxylic acids is 1. The molecular formula is C79H131N5O58. The Morgan fingerprint density at radius 3 is 1.11 bits per heavy atom. The van der Waals surface area contributed by atoms with Gasteiger partial charge in [-0.3, -0.25) is 24.0 Å². The largest absolute Gasteiger partial charge is 0.477 e. The molecule has 0 radical (unpaired) electrons. The van der Waals surface area contributed by atoms with Crippen LogP contribution in [0.15, 0.2) is 0 Å². The van der Waals surface area contributed by atoms with Gasteiger partial charge in [0, 0.05) is 41.0 Å². The minimum absolute atomic E-state index is 0.832. The molecule has 11 aliphatic heterocycles. The first-order valence-corrected chi connectivity index (χ1v) is 45.1. The van der Waals surface area contributed by atoms with Crippen LogP contribution in [0.3, 0.4) is 0 Å². The molecule has 56 atom stereocenters. The van der Waals surface area contributed by atoms with Gasteiger partial charge in [0.15, 0.2) is 62.9 Å². The lowest BCUT2D eigenvalue weighted by molar-refractivity contribution is -0.400. The van der Waals surface area contributed by atoms with Gasteiger partial charge in [0.2, 0.25) is 29.5 Å². The van der Waals surface area contributed by atoms with Gasteiger partial charge < -0.3 is 284 Å². The Labute approximate surface area is 803 Å². The van der Waals surface area contributed by atoms with Gasteiger partial charge in [0.05, 0.1) is 84.3 Å². The Hall–Kier alpha value is -5.22. The van der Waals surface area contributed by atoms with Crippen LogP contribution in [0.5, 0.6) is 0 Å². The SMILES string of the molecule is CC(=O)N[C@H]1[C@H](O[C@H]2[C@@H](O)[C@@H](CO[C@@H]3O[C@H](CO)[C@@H](O[C@@H]4O[C@H](CO)[C@H](O)[C@H](O[C@H]5O[C@H](CO)[C@@H](O)[C@H](O)[C@H]5NC(C)=O)[C@H]4O[C@@H]4O[C@@H](C)[C@@H](O)[C@@H](O)[C@@H]4O)[C@H](O)[C@H]3NC(C)=O)O[C@@H](O[C@H]3[C@H](O)[C@@H](CO)O[C@@H](O[C@H]4[C@@H](O)[C@@H](CO)O[C@@H](O[C@H]5[C@H](O)[C@@H](O)[C@H](O)O[C@@H]5CO)[C@@H]4O)[C@@H]3NC(C)=O)[C@@H]2O)O[C@H](CO)[C@@H](O[C@@H]2O[C@H](CO)[C@H](O)[C@H](O[C@]3(C(=O)O)C[C@H](O)[C@@H](NC(C)=O)[C@H]([C@H](O)[C@H](O)CO)O3)[C@H]2O)[C@@H]1O. The van der Waals surface area contributed by atoms with Crippen molar-refractivity contribution >= 4 is 35.5 Å². The molecule has 5 amide bonds. The fourth-order valence-electron chi connectivity index (χ4n) is 18.5. The Kier molecular flexibility index (Phi) is 41.7. The molecule has 0 aromatic carbocycles. The summed E-state index contributed by atoms with van der Waals surface area (Å²) in [5, 5.41) is 361. The molecule has 820 valence electrons. The summed E-state index contributed by atoms with van der Waals surface area (Å²) in [5.74, 6) is -10.6. The van der Waals surface area contributed by atoms with E-state index in [1.807, 2.05) is 0 Å². The van der Waals surface area contributed by atoms with E-state index >= 15 is 0 Å². The molecule has 36 N–H and O–H groups in total. The van der Waals surface area contributed by atoms with Crippen LogP contribution in [-0.4, -0.2) is 603 Å². The molecule has 0 aliphatic carbocycles. The third kappa shape index (κ3) is 25.6. The summed E-state index contributed by atoms with van der Waals surface area (Å²) in [4.78, 5) is 78.9. The van der Waals surface area contributed by atoms with E-state index in [0.29, 0.717) is 0 Å². The minimum Gasteiger partial charge on any atom is -0.477 e. The van der Waals surface area contributed by atoms with Gasteiger partial charge in [-0.15, -0.1) is 0 Å². The number of ether oxygens (including phenoxy) is 21. The van der Waals surface area contributed by atoms with Crippen LogP contribution < -0.4 is 26.6 Å². The van der Waals surface area contributed by atoms with Gasteiger partial charge in [-0.2, -0.15) is 0 Å². The van der Waals surface area contributed by atoms with Crippen LogP contribution in [0.2, 0.25) is 0 Å². The molecule has 11 fully saturated rings. The van der Waals surface area contributed by atoms with Crippen molar-refractivity contribution in [1.82, 2.24) is 26.6 Å². The molecule has 0 aromatic rings. The number of rotatable bonds is 38. The van der Waals surface area contributed by atoms with Crippen molar-refractivity contribution in [3.05, 3.63) is 0 Å². The lowest BCUT2D eigenvalue weighted by Gasteiger charge is -2.52. The van der Waals surface area contributed by atoms with Gasteiger partial charge in [-0.05, 0) is 6.92 Å². The van der Waals surface area contributed by atoms with Gasteiger partial charge in [-0.25, -0.2) is 4.79 Å². The second-order valence-corrected chi connectivity index (χ2v) is 35.9. The fraction of sp³-hybridized carbons (Fsp3) is 0.924. The van der Waals surface area contributed by atoms with E-state index in [4.69, 9.17) is 99.5 Å². The number of carbonyl (C=O) groups excluding carboxylic acids is 5. The summed E-state index contributed by atoms with van der Waals surface area (Å²) in [7, 11) is 0. The summed E-state index contributed by atoms with van der Waals surface area (Å²) >= 11 is 0. The Morgan fingerprint density at radius 2 is 0.634 bits per heavy atom. The second-order valence-electron chi connectivity index (χ2n) is 35.9. The third-order valence-electron chi connectivity index (χ3n) is 25.9. The second kappa shape index (κ2) is 50.6. The molecular weight excluding hydrogens is 1950 g/mol. The molecule has 63 nitrogen and oxygen atoms in total. The molecule has 0 bridgehead atoms. The maximum absolute atomic E-state index is 13.6. The van der Waals surface area contributed by atoms with Crippen LogP contribution in [0.1, 0.15) is 48.0 Å². The predicted molar refractivity (Wildman–Crippen MR) is 436 cm³/mol. The Bertz CT molecular complexity index is 4010. The van der Waals surface area contributed by atoms with E-state index in [2.05, 4.69) is 26.6 Å². The zero-order valence-corrected chi connectivity index (χ0v) is 76.4. The summed E-state index contributed by atoms with van der Waals surface area (Å²) < 4.78 is 126.